The second-order valence-electron chi connectivity index (χ2n) is 2.20. The van der Waals surface area contributed by atoms with Crippen molar-refractivity contribution in [1.29, 1.82) is 0 Å². The number of Topliss-reactive ketones (excluding diaryl/α,β-unsaturated/α-hetero) is 1. The normalized spacial score (nSPS) is 16.4. The van der Waals surface area contributed by atoms with E-state index in [1.807, 2.05) is 0 Å². The van der Waals surface area contributed by atoms with E-state index < -0.39 is 24.6 Å². The minimum Gasteiger partial charge on any atom is -0.394 e. The van der Waals surface area contributed by atoms with Crippen LogP contribution in [0.3, 0.4) is 0 Å². The summed E-state index contributed by atoms with van der Waals surface area (Å²) in [4.78, 5) is 10.4. The second kappa shape index (κ2) is 4.38. The lowest BCUT2D eigenvalue weighted by Crippen LogP contribution is -2.25. The van der Waals surface area contributed by atoms with E-state index in [1.165, 1.54) is 6.92 Å². The summed E-state index contributed by atoms with van der Waals surface area (Å²) >= 11 is 0. The summed E-state index contributed by atoms with van der Waals surface area (Å²) in [6, 6.07) is 0. The fraction of sp³-hybridized carbons (Fsp3) is 0.833. The van der Waals surface area contributed by atoms with Crippen LogP contribution < -0.4 is 0 Å². The van der Waals surface area contributed by atoms with Crippen LogP contribution in [0.25, 0.3) is 0 Å². The molecule has 0 spiro atoms. The summed E-state index contributed by atoms with van der Waals surface area (Å²) in [6.45, 7) is 0.805. The Balaban J connectivity index is 3.56. The van der Waals surface area contributed by atoms with E-state index in [0.717, 1.165) is 0 Å². The highest BCUT2D eigenvalue weighted by Gasteiger charge is 2.14. The van der Waals surface area contributed by atoms with Crippen molar-refractivity contribution in [3.63, 3.8) is 0 Å². The number of rotatable bonds is 4. The Kier molecular flexibility index (Phi) is 4.18. The van der Waals surface area contributed by atoms with Crippen molar-refractivity contribution in [2.45, 2.75) is 25.6 Å². The molecule has 0 aromatic rings. The first-order valence-electron chi connectivity index (χ1n) is 3.05. The van der Waals surface area contributed by atoms with Gasteiger partial charge in [0.15, 0.2) is 5.78 Å². The fourth-order valence-electron chi connectivity index (χ4n) is 0.498. The maximum absolute atomic E-state index is 10.4. The molecule has 60 valence electrons. The molecule has 10 heavy (non-hydrogen) atoms. The van der Waals surface area contributed by atoms with Crippen LogP contribution in [-0.2, 0) is 4.79 Å². The van der Waals surface area contributed by atoms with E-state index in [-0.39, 0.29) is 6.42 Å². The lowest BCUT2D eigenvalue weighted by atomic mass is 10.1. The standard InChI is InChI=1S/C6H12O4/c1-4(8)6(10)2-5(9)3-7/h5-7,9-10H,2-3H2,1H3. The van der Waals surface area contributed by atoms with Crippen molar-refractivity contribution in [3.8, 4) is 0 Å². The van der Waals surface area contributed by atoms with E-state index in [9.17, 15) is 4.79 Å². The molecule has 0 aliphatic rings. The van der Waals surface area contributed by atoms with Crippen LogP contribution in [0.5, 0.6) is 0 Å². The molecule has 0 amide bonds. The number of hydrogen-bond donors (Lipinski definition) is 3. The van der Waals surface area contributed by atoms with E-state index in [4.69, 9.17) is 15.3 Å². The molecule has 3 N–H and O–H groups in total. The van der Waals surface area contributed by atoms with Gasteiger partial charge in [0.2, 0.25) is 0 Å². The number of carbonyl (C=O) groups excluding carboxylic acids is 1. The highest BCUT2D eigenvalue weighted by atomic mass is 16.3. The second-order valence-corrected chi connectivity index (χ2v) is 2.20. The van der Waals surface area contributed by atoms with E-state index in [0.29, 0.717) is 0 Å². The molecule has 0 rings (SSSR count). The molecular weight excluding hydrogens is 136 g/mol. The molecule has 0 saturated heterocycles. The zero-order valence-electron chi connectivity index (χ0n) is 5.82. The molecule has 0 heterocycles. The molecule has 0 radical (unpaired) electrons. The number of ketones is 1. The van der Waals surface area contributed by atoms with Gasteiger partial charge in [-0.2, -0.15) is 0 Å². The summed E-state index contributed by atoms with van der Waals surface area (Å²) in [6.07, 6.45) is -2.24. The average molecular weight is 148 g/mol. The zero-order chi connectivity index (χ0) is 8.15. The Morgan fingerprint density at radius 3 is 2.30 bits per heavy atom. The number of aliphatic hydroxyl groups excluding tert-OH is 3. The maximum atomic E-state index is 10.4. The molecule has 2 atom stereocenters. The largest absolute Gasteiger partial charge is 0.394 e. The van der Waals surface area contributed by atoms with Crippen molar-refractivity contribution in [3.05, 3.63) is 0 Å². The highest BCUT2D eigenvalue weighted by Crippen LogP contribution is 1.97. The van der Waals surface area contributed by atoms with Crippen molar-refractivity contribution >= 4 is 5.78 Å². The van der Waals surface area contributed by atoms with Crippen LogP contribution in [0.4, 0.5) is 0 Å². The van der Waals surface area contributed by atoms with E-state index in [2.05, 4.69) is 0 Å². The van der Waals surface area contributed by atoms with Crippen LogP contribution in [0.2, 0.25) is 0 Å². The number of hydrogen-bond acceptors (Lipinski definition) is 4. The van der Waals surface area contributed by atoms with Crippen molar-refractivity contribution in [2.24, 2.45) is 0 Å². The number of carbonyl (C=O) groups is 1. The van der Waals surface area contributed by atoms with Crippen LogP contribution >= 0.6 is 0 Å². The van der Waals surface area contributed by atoms with Gasteiger partial charge in [0.25, 0.3) is 0 Å². The summed E-state index contributed by atoms with van der Waals surface area (Å²) in [7, 11) is 0. The first-order valence-corrected chi connectivity index (χ1v) is 3.05. The molecular formula is C6H12O4. The third-order valence-corrected chi connectivity index (χ3v) is 1.18. The molecule has 0 bridgehead atoms. The molecule has 0 aliphatic heterocycles. The van der Waals surface area contributed by atoms with Crippen LogP contribution in [0.15, 0.2) is 0 Å². The molecule has 0 fully saturated rings. The summed E-state index contributed by atoms with van der Waals surface area (Å²) < 4.78 is 0. The number of aliphatic hydroxyl groups is 3. The molecule has 0 aliphatic carbocycles. The van der Waals surface area contributed by atoms with Gasteiger partial charge < -0.3 is 15.3 Å². The van der Waals surface area contributed by atoms with Crippen molar-refractivity contribution in [1.82, 2.24) is 0 Å². The van der Waals surface area contributed by atoms with Gasteiger partial charge in [0, 0.05) is 6.42 Å². The summed E-state index contributed by atoms with van der Waals surface area (Å²) in [5.74, 6) is -0.396. The Morgan fingerprint density at radius 1 is 1.50 bits per heavy atom. The zero-order valence-corrected chi connectivity index (χ0v) is 5.82. The minimum absolute atomic E-state index is 0.0914. The Labute approximate surface area is 59.1 Å². The SMILES string of the molecule is CC(=O)C(O)CC(O)CO. The fourth-order valence-corrected chi connectivity index (χ4v) is 0.498. The van der Waals surface area contributed by atoms with Crippen LogP contribution in [0.1, 0.15) is 13.3 Å². The van der Waals surface area contributed by atoms with Gasteiger partial charge in [-0.25, -0.2) is 0 Å². The van der Waals surface area contributed by atoms with Crippen LogP contribution in [0, 0.1) is 0 Å². The maximum Gasteiger partial charge on any atom is 0.158 e. The molecule has 2 unspecified atom stereocenters. The minimum atomic E-state index is -1.15. The highest BCUT2D eigenvalue weighted by molar-refractivity contribution is 5.80. The molecule has 0 saturated carbocycles. The smallest absolute Gasteiger partial charge is 0.158 e. The molecule has 4 heteroatoms. The quantitative estimate of drug-likeness (QED) is 0.462. The van der Waals surface area contributed by atoms with Gasteiger partial charge in [-0.3, -0.25) is 4.79 Å². The van der Waals surface area contributed by atoms with Crippen molar-refractivity contribution in [2.75, 3.05) is 6.61 Å². The van der Waals surface area contributed by atoms with Gasteiger partial charge in [-0.1, -0.05) is 0 Å². The predicted molar refractivity (Wildman–Crippen MR) is 34.4 cm³/mol. The molecule has 0 aromatic carbocycles. The lowest BCUT2D eigenvalue weighted by Gasteiger charge is -2.09. The Bertz CT molecular complexity index is 112. The van der Waals surface area contributed by atoms with Gasteiger partial charge >= 0.3 is 0 Å². The first-order chi connectivity index (χ1) is 4.57. The van der Waals surface area contributed by atoms with E-state index in [1.54, 1.807) is 0 Å². The van der Waals surface area contributed by atoms with Crippen molar-refractivity contribution < 1.29 is 20.1 Å². The van der Waals surface area contributed by atoms with Gasteiger partial charge in [0.1, 0.15) is 6.10 Å². The van der Waals surface area contributed by atoms with Gasteiger partial charge in [-0.05, 0) is 6.92 Å². The first kappa shape index (κ1) is 9.55. The average Bonchev–Trinajstić information content (AvgIpc) is 1.87. The lowest BCUT2D eigenvalue weighted by molar-refractivity contribution is -0.126. The monoisotopic (exact) mass is 148 g/mol. The van der Waals surface area contributed by atoms with Gasteiger partial charge in [-0.15, -0.1) is 0 Å². The third kappa shape index (κ3) is 3.55. The van der Waals surface area contributed by atoms with Gasteiger partial charge in [0.05, 0.1) is 12.7 Å². The summed E-state index contributed by atoms with van der Waals surface area (Å²) in [5.41, 5.74) is 0. The summed E-state index contributed by atoms with van der Waals surface area (Å²) in [5, 5.41) is 25.8. The Morgan fingerprint density at radius 2 is 2.00 bits per heavy atom. The van der Waals surface area contributed by atoms with Crippen LogP contribution in [-0.4, -0.2) is 39.9 Å². The Hall–Kier alpha value is -0.450. The predicted octanol–water partition coefficient (Wildman–Crippen LogP) is -1.32. The van der Waals surface area contributed by atoms with E-state index >= 15 is 0 Å². The third-order valence-electron chi connectivity index (χ3n) is 1.18. The topological polar surface area (TPSA) is 77.8 Å². The molecule has 4 nitrogen and oxygen atoms in total. The molecule has 0 aromatic heterocycles.